The molecule has 0 aliphatic rings. The molecule has 6 heteroatoms. The summed E-state index contributed by atoms with van der Waals surface area (Å²) in [4.78, 5) is 11.9. The third-order valence-corrected chi connectivity index (χ3v) is 4.70. The van der Waals surface area contributed by atoms with Crippen LogP contribution < -0.4 is 16.2 Å². The van der Waals surface area contributed by atoms with E-state index in [2.05, 4.69) is 0 Å². The second-order valence-electron chi connectivity index (χ2n) is 7.09. The minimum atomic E-state index is -1.17. The highest BCUT2D eigenvalue weighted by molar-refractivity contribution is 6.16. The first-order chi connectivity index (χ1) is 15.3. The van der Waals surface area contributed by atoms with Crippen molar-refractivity contribution in [1.82, 2.24) is 0 Å². The first kappa shape index (κ1) is 24.5. The van der Waals surface area contributed by atoms with E-state index >= 15 is 0 Å². The van der Waals surface area contributed by atoms with E-state index in [-0.39, 0.29) is 5.57 Å². The number of hydrogen-bond donors (Lipinski definition) is 3. The normalized spacial score (nSPS) is 13.2. The number of nitrogens with two attached hydrogens (primary N) is 2. The van der Waals surface area contributed by atoms with Gasteiger partial charge in [0.05, 0.1) is 12.2 Å². The van der Waals surface area contributed by atoms with Gasteiger partial charge < -0.3 is 21.3 Å². The van der Waals surface area contributed by atoms with Crippen LogP contribution in [0.2, 0.25) is 0 Å². The van der Waals surface area contributed by atoms with Gasteiger partial charge in [0.1, 0.15) is 11.6 Å². The number of ether oxygens (including phenoxy) is 1. The van der Waals surface area contributed by atoms with Gasteiger partial charge in [-0.25, -0.2) is 9.18 Å². The highest BCUT2D eigenvalue weighted by Gasteiger charge is 2.15. The standard InChI is InChI=1S/C26H29FN2O3/c1-4-7-18(15-23(26(30)31)22-16-20(27)11-10-17(22)3)24(28)12-13-25(29)19-8-6-9-21(14-19)32-5-2/h6-16H,4-5,28-29H2,1-3H3,(H,30,31)/b18-7-,23-15+,24-12-,25-13-. The zero-order valence-corrected chi connectivity index (χ0v) is 18.6. The van der Waals surface area contributed by atoms with Crippen LogP contribution in [-0.2, 0) is 4.79 Å². The summed E-state index contributed by atoms with van der Waals surface area (Å²) in [6, 6.07) is 11.4. The molecule has 0 fully saturated rings. The molecule has 2 rings (SSSR count). The molecule has 168 valence electrons. The van der Waals surface area contributed by atoms with Crippen LogP contribution in [0.3, 0.4) is 0 Å². The van der Waals surface area contributed by atoms with Gasteiger partial charge in [0, 0.05) is 17.0 Å². The average Bonchev–Trinajstić information content (AvgIpc) is 2.76. The van der Waals surface area contributed by atoms with Crippen molar-refractivity contribution in [3.63, 3.8) is 0 Å². The highest BCUT2D eigenvalue weighted by atomic mass is 19.1. The summed E-state index contributed by atoms with van der Waals surface area (Å²) in [7, 11) is 0. The molecule has 0 aliphatic carbocycles. The van der Waals surface area contributed by atoms with Gasteiger partial charge >= 0.3 is 5.97 Å². The summed E-state index contributed by atoms with van der Waals surface area (Å²) < 4.78 is 19.3. The molecule has 0 saturated carbocycles. The molecule has 0 radical (unpaired) electrons. The number of benzene rings is 2. The van der Waals surface area contributed by atoms with E-state index in [4.69, 9.17) is 16.2 Å². The number of hydrogen-bond acceptors (Lipinski definition) is 4. The molecule has 0 atom stereocenters. The second-order valence-corrected chi connectivity index (χ2v) is 7.09. The Balaban J connectivity index is 2.44. The fourth-order valence-corrected chi connectivity index (χ4v) is 3.08. The van der Waals surface area contributed by atoms with Gasteiger partial charge in [-0.3, -0.25) is 0 Å². The summed E-state index contributed by atoms with van der Waals surface area (Å²) in [5.74, 6) is -0.965. The highest BCUT2D eigenvalue weighted by Crippen LogP contribution is 2.24. The maximum atomic E-state index is 13.8. The fraction of sp³-hybridized carbons (Fsp3) is 0.192. The molecule has 2 aromatic carbocycles. The molecule has 0 spiro atoms. The summed E-state index contributed by atoms with van der Waals surface area (Å²) >= 11 is 0. The van der Waals surface area contributed by atoms with Crippen molar-refractivity contribution in [1.29, 1.82) is 0 Å². The van der Waals surface area contributed by atoms with Crippen LogP contribution in [0.15, 0.2) is 78.0 Å². The number of rotatable bonds is 9. The predicted molar refractivity (Wildman–Crippen MR) is 127 cm³/mol. The molecular weight excluding hydrogens is 407 g/mol. The molecule has 2 aromatic rings. The molecular formula is C26H29FN2O3. The minimum absolute atomic E-state index is 0.0422. The maximum Gasteiger partial charge on any atom is 0.336 e. The zero-order valence-electron chi connectivity index (χ0n) is 18.6. The van der Waals surface area contributed by atoms with Crippen LogP contribution in [0.25, 0.3) is 11.3 Å². The van der Waals surface area contributed by atoms with Crippen LogP contribution in [0.5, 0.6) is 5.75 Å². The van der Waals surface area contributed by atoms with Gasteiger partial charge in [-0.2, -0.15) is 0 Å². The monoisotopic (exact) mass is 436 g/mol. The average molecular weight is 437 g/mol. The Morgan fingerprint density at radius 2 is 1.88 bits per heavy atom. The van der Waals surface area contributed by atoms with Crippen LogP contribution >= 0.6 is 0 Å². The predicted octanol–water partition coefficient (Wildman–Crippen LogP) is 5.18. The van der Waals surface area contributed by atoms with Crippen molar-refractivity contribution in [3.8, 4) is 5.75 Å². The van der Waals surface area contributed by atoms with Gasteiger partial charge in [-0.15, -0.1) is 0 Å². The molecule has 5 nitrogen and oxygen atoms in total. The van der Waals surface area contributed by atoms with E-state index in [1.54, 1.807) is 25.1 Å². The summed E-state index contributed by atoms with van der Waals surface area (Å²) in [5.41, 5.74) is 15.5. The number of allylic oxidation sites excluding steroid dienone is 4. The number of aryl methyl sites for hydroxylation is 1. The minimum Gasteiger partial charge on any atom is -0.494 e. The smallest absolute Gasteiger partial charge is 0.336 e. The molecule has 0 amide bonds. The number of aliphatic carboxylic acids is 1. The molecule has 0 saturated heterocycles. The van der Waals surface area contributed by atoms with Gasteiger partial charge in [-0.05, 0) is 79.5 Å². The molecule has 0 heterocycles. The Kier molecular flexibility index (Phi) is 8.83. The van der Waals surface area contributed by atoms with E-state index in [1.807, 2.05) is 44.2 Å². The van der Waals surface area contributed by atoms with Crippen LogP contribution in [0, 0.1) is 12.7 Å². The molecule has 0 aliphatic heterocycles. The number of halogens is 1. The van der Waals surface area contributed by atoms with Crippen molar-refractivity contribution >= 4 is 17.2 Å². The summed E-state index contributed by atoms with van der Waals surface area (Å²) in [6.07, 6.45) is 7.18. The van der Waals surface area contributed by atoms with E-state index in [0.717, 1.165) is 5.56 Å². The Morgan fingerprint density at radius 1 is 1.12 bits per heavy atom. The summed E-state index contributed by atoms with van der Waals surface area (Å²) in [5, 5.41) is 9.76. The molecule has 0 aromatic heterocycles. The third kappa shape index (κ3) is 6.60. The lowest BCUT2D eigenvalue weighted by Crippen LogP contribution is -2.06. The SMILES string of the molecule is CC/C=C(/C=C(/C(=O)O)c1cc(F)ccc1C)C(\N)=C\C=C(/N)c1cccc(OCC)c1. The van der Waals surface area contributed by atoms with Crippen molar-refractivity contribution in [2.75, 3.05) is 6.61 Å². The molecule has 0 bridgehead atoms. The zero-order chi connectivity index (χ0) is 23.7. The maximum absolute atomic E-state index is 13.8. The Hall–Kier alpha value is -3.80. The Labute approximate surface area is 188 Å². The van der Waals surface area contributed by atoms with Crippen molar-refractivity contribution in [2.24, 2.45) is 11.5 Å². The van der Waals surface area contributed by atoms with Crippen molar-refractivity contribution < 1.29 is 19.0 Å². The van der Waals surface area contributed by atoms with Gasteiger partial charge in [0.25, 0.3) is 0 Å². The van der Waals surface area contributed by atoms with Crippen LogP contribution in [0.4, 0.5) is 4.39 Å². The van der Waals surface area contributed by atoms with E-state index in [9.17, 15) is 14.3 Å². The van der Waals surface area contributed by atoms with E-state index in [1.165, 1.54) is 18.2 Å². The number of carboxylic acid groups (broad SMARTS) is 1. The van der Waals surface area contributed by atoms with Crippen LogP contribution in [0.1, 0.15) is 37.0 Å². The second kappa shape index (κ2) is 11.6. The quantitative estimate of drug-likeness (QED) is 0.372. The lowest BCUT2D eigenvalue weighted by Gasteiger charge is -2.10. The fourth-order valence-electron chi connectivity index (χ4n) is 3.08. The van der Waals surface area contributed by atoms with Gasteiger partial charge in [0.15, 0.2) is 0 Å². The first-order valence-corrected chi connectivity index (χ1v) is 10.3. The lowest BCUT2D eigenvalue weighted by atomic mass is 9.97. The number of carboxylic acids is 1. The van der Waals surface area contributed by atoms with Crippen molar-refractivity contribution in [2.45, 2.75) is 27.2 Å². The topological polar surface area (TPSA) is 98.6 Å². The largest absolute Gasteiger partial charge is 0.494 e. The first-order valence-electron chi connectivity index (χ1n) is 10.3. The van der Waals surface area contributed by atoms with E-state index in [0.29, 0.717) is 46.9 Å². The Morgan fingerprint density at radius 3 is 2.53 bits per heavy atom. The molecule has 0 unspecified atom stereocenters. The van der Waals surface area contributed by atoms with Gasteiger partial charge in [-0.1, -0.05) is 31.2 Å². The van der Waals surface area contributed by atoms with Crippen LogP contribution in [-0.4, -0.2) is 17.7 Å². The number of carbonyl (C=O) groups is 1. The Bertz CT molecular complexity index is 1100. The molecule has 32 heavy (non-hydrogen) atoms. The van der Waals surface area contributed by atoms with Gasteiger partial charge in [0.2, 0.25) is 0 Å². The van der Waals surface area contributed by atoms with E-state index < -0.39 is 11.8 Å². The molecule has 5 N–H and O–H groups in total. The van der Waals surface area contributed by atoms with Crippen molar-refractivity contribution in [3.05, 3.63) is 101 Å². The lowest BCUT2D eigenvalue weighted by molar-refractivity contribution is -0.130. The third-order valence-electron chi connectivity index (χ3n) is 4.70. The summed E-state index contributed by atoms with van der Waals surface area (Å²) in [6.45, 7) is 6.10.